The summed E-state index contributed by atoms with van der Waals surface area (Å²) in [6.07, 6.45) is 3.32. The largest absolute Gasteiger partial charge is 0.454 e. The van der Waals surface area contributed by atoms with Crippen LogP contribution in [0.15, 0.2) is 53.6 Å². The van der Waals surface area contributed by atoms with Gasteiger partial charge in [-0.25, -0.2) is 8.42 Å². The van der Waals surface area contributed by atoms with Crippen LogP contribution in [0, 0.1) is 5.92 Å². The molecular weight excluding hydrogens is 482 g/mol. The molecule has 186 valence electrons. The van der Waals surface area contributed by atoms with Crippen LogP contribution in [-0.2, 0) is 21.2 Å². The third-order valence-corrected chi connectivity index (χ3v) is 8.70. The summed E-state index contributed by atoms with van der Waals surface area (Å²) in [5.74, 6) is -2.47. The monoisotopic (exact) mass is 507 g/mol. The molecule has 2 aliphatic carbocycles. The lowest BCUT2D eigenvalue weighted by Crippen LogP contribution is -2.60. The Morgan fingerprint density at radius 1 is 1.19 bits per heavy atom. The molecule has 1 amide bonds. The Kier molecular flexibility index (Phi) is 4.57. The minimum absolute atomic E-state index is 0.0738. The van der Waals surface area contributed by atoms with Crippen molar-refractivity contribution in [3.05, 3.63) is 76.5 Å². The second kappa shape index (κ2) is 7.21. The van der Waals surface area contributed by atoms with E-state index in [0.717, 1.165) is 24.7 Å². The van der Waals surface area contributed by atoms with Gasteiger partial charge in [-0.1, -0.05) is 31.2 Å². The maximum atomic E-state index is 14.0. The fraction of sp³-hybridized carbons (Fsp3) is 0.308. The molecule has 10 heteroatoms. The molecule has 1 aromatic heterocycles. The van der Waals surface area contributed by atoms with Crippen molar-refractivity contribution >= 4 is 27.2 Å². The summed E-state index contributed by atoms with van der Waals surface area (Å²) in [4.78, 5) is 30.0. The predicted molar refractivity (Wildman–Crippen MR) is 130 cm³/mol. The van der Waals surface area contributed by atoms with Crippen molar-refractivity contribution in [2.75, 3.05) is 12.0 Å². The Balaban J connectivity index is 1.50. The van der Waals surface area contributed by atoms with E-state index in [2.05, 4.69) is 17.2 Å². The number of H-pyrrole nitrogens is 1. The number of ether oxygens (including phenoxy) is 1. The number of nitrogen functional groups attached to an aromatic ring is 1. The van der Waals surface area contributed by atoms with Crippen LogP contribution >= 0.6 is 0 Å². The number of carbonyl (C=O) groups is 2. The standard InChI is InChI=1S/C26H25N3O6S/c1-13(14-6-7-14)15-8-9-16-20(12-15)35-26(32)17-4-3-5-18(27)22(17)23(30)25(16,26)29-24(31)19-10-11-21(28-19)36(2,33)34/h3-5,8-14,28,32H,6-7,27H2,1-2H3,(H,29,31)/t13-,25+,26+/m1/s1. The first-order chi connectivity index (χ1) is 17.0. The number of aromatic amines is 1. The molecule has 1 fully saturated rings. The van der Waals surface area contributed by atoms with Crippen molar-refractivity contribution in [3.8, 4) is 5.75 Å². The quantitative estimate of drug-likeness (QED) is 0.387. The summed E-state index contributed by atoms with van der Waals surface area (Å²) in [7, 11) is -3.59. The van der Waals surface area contributed by atoms with E-state index in [-0.39, 0.29) is 33.5 Å². The molecule has 3 aliphatic rings. The van der Waals surface area contributed by atoms with Gasteiger partial charge in [0.15, 0.2) is 9.84 Å². The lowest BCUT2D eigenvalue weighted by Gasteiger charge is -2.34. The van der Waals surface area contributed by atoms with E-state index in [1.54, 1.807) is 24.3 Å². The van der Waals surface area contributed by atoms with Crippen LogP contribution in [0.25, 0.3) is 0 Å². The minimum Gasteiger partial charge on any atom is -0.454 e. The van der Waals surface area contributed by atoms with Crippen molar-refractivity contribution in [3.63, 3.8) is 0 Å². The lowest BCUT2D eigenvalue weighted by atomic mass is 9.81. The van der Waals surface area contributed by atoms with E-state index in [1.807, 2.05) is 12.1 Å². The first-order valence-electron chi connectivity index (χ1n) is 11.7. The highest BCUT2D eigenvalue weighted by molar-refractivity contribution is 7.90. The van der Waals surface area contributed by atoms with E-state index in [4.69, 9.17) is 10.5 Å². The van der Waals surface area contributed by atoms with Crippen LogP contribution in [0.3, 0.4) is 0 Å². The number of fused-ring (bicyclic) bond motifs is 5. The normalized spacial score (nSPS) is 25.0. The van der Waals surface area contributed by atoms with Crippen LogP contribution in [0.4, 0.5) is 5.69 Å². The number of benzene rings is 2. The molecule has 3 atom stereocenters. The van der Waals surface area contributed by atoms with Gasteiger partial charge in [-0.2, -0.15) is 0 Å². The van der Waals surface area contributed by atoms with Crippen LogP contribution in [0.1, 0.15) is 63.2 Å². The number of amides is 1. The second-order valence-corrected chi connectivity index (χ2v) is 11.9. The zero-order valence-electron chi connectivity index (χ0n) is 19.7. The number of sulfone groups is 1. The van der Waals surface area contributed by atoms with Gasteiger partial charge >= 0.3 is 0 Å². The molecule has 3 aromatic rings. The van der Waals surface area contributed by atoms with Gasteiger partial charge in [-0.05, 0) is 54.5 Å². The van der Waals surface area contributed by atoms with Gasteiger partial charge in [0, 0.05) is 23.1 Å². The first-order valence-corrected chi connectivity index (χ1v) is 13.6. The van der Waals surface area contributed by atoms with E-state index in [0.29, 0.717) is 17.2 Å². The highest BCUT2D eigenvalue weighted by Crippen LogP contribution is 2.59. The van der Waals surface area contributed by atoms with Crippen molar-refractivity contribution in [1.29, 1.82) is 0 Å². The number of carbonyl (C=O) groups excluding carboxylic acids is 2. The molecule has 0 radical (unpaired) electrons. The summed E-state index contributed by atoms with van der Waals surface area (Å²) < 4.78 is 29.9. The topological polar surface area (TPSA) is 152 Å². The molecule has 0 saturated heterocycles. The van der Waals surface area contributed by atoms with E-state index in [1.165, 1.54) is 12.1 Å². The summed E-state index contributed by atoms with van der Waals surface area (Å²) >= 11 is 0. The highest BCUT2D eigenvalue weighted by atomic mass is 32.2. The van der Waals surface area contributed by atoms with Gasteiger partial charge in [0.2, 0.25) is 11.3 Å². The Morgan fingerprint density at radius 3 is 2.61 bits per heavy atom. The molecule has 2 heterocycles. The second-order valence-electron chi connectivity index (χ2n) is 9.94. The number of aromatic nitrogens is 1. The molecular formula is C26H25N3O6S. The zero-order chi connectivity index (χ0) is 25.6. The number of anilines is 1. The molecule has 5 N–H and O–H groups in total. The first kappa shape index (κ1) is 22.8. The van der Waals surface area contributed by atoms with E-state index in [9.17, 15) is 23.1 Å². The SMILES string of the molecule is C[C@@H](c1ccc2c(c1)O[C@@]1(O)c3cccc(N)c3C(=O)[C@@]21NC(=O)c1ccc(S(C)(=O)=O)[nH]1)C1CC1. The third-order valence-electron chi connectivity index (χ3n) is 7.66. The Morgan fingerprint density at radius 2 is 1.94 bits per heavy atom. The summed E-state index contributed by atoms with van der Waals surface area (Å²) in [5, 5.41) is 14.6. The molecule has 0 bridgehead atoms. The number of aliphatic hydroxyl groups is 1. The smallest absolute Gasteiger partial charge is 0.271 e. The highest BCUT2D eigenvalue weighted by Gasteiger charge is 2.72. The van der Waals surface area contributed by atoms with Gasteiger partial charge in [-0.3, -0.25) is 9.59 Å². The molecule has 0 spiro atoms. The maximum absolute atomic E-state index is 14.0. The molecule has 0 unspecified atom stereocenters. The lowest BCUT2D eigenvalue weighted by molar-refractivity contribution is -0.169. The molecule has 1 aliphatic heterocycles. The van der Waals surface area contributed by atoms with Gasteiger partial charge < -0.3 is 25.9 Å². The molecule has 9 nitrogen and oxygen atoms in total. The average molecular weight is 508 g/mol. The number of nitrogens with two attached hydrogens (primary N) is 1. The number of nitrogens with one attached hydrogen (secondary N) is 2. The third kappa shape index (κ3) is 2.94. The van der Waals surface area contributed by atoms with Gasteiger partial charge in [-0.15, -0.1) is 0 Å². The van der Waals surface area contributed by atoms with Crippen molar-refractivity contribution in [2.24, 2.45) is 5.92 Å². The average Bonchev–Trinajstić information content (AvgIpc) is 3.43. The van der Waals surface area contributed by atoms with Crippen molar-refractivity contribution in [1.82, 2.24) is 10.3 Å². The predicted octanol–water partition coefficient (Wildman–Crippen LogP) is 2.57. The van der Waals surface area contributed by atoms with Crippen LogP contribution < -0.4 is 15.8 Å². The molecule has 6 rings (SSSR count). The number of rotatable bonds is 5. The fourth-order valence-corrected chi connectivity index (χ4v) is 6.11. The minimum atomic E-state index is -3.59. The van der Waals surface area contributed by atoms with Crippen LogP contribution in [0.5, 0.6) is 5.75 Å². The van der Waals surface area contributed by atoms with E-state index >= 15 is 0 Å². The van der Waals surface area contributed by atoms with Gasteiger partial charge in [0.05, 0.1) is 5.56 Å². The molecule has 1 saturated carbocycles. The van der Waals surface area contributed by atoms with Gasteiger partial charge in [0.1, 0.15) is 16.5 Å². The number of hydrogen-bond donors (Lipinski definition) is 4. The van der Waals surface area contributed by atoms with Crippen LogP contribution in [-0.4, -0.2) is 36.5 Å². The van der Waals surface area contributed by atoms with Gasteiger partial charge in [0.25, 0.3) is 11.7 Å². The Bertz CT molecular complexity index is 1570. The van der Waals surface area contributed by atoms with Crippen molar-refractivity contribution in [2.45, 2.75) is 42.0 Å². The Labute approximate surface area is 207 Å². The van der Waals surface area contributed by atoms with E-state index < -0.39 is 32.9 Å². The Hall–Kier alpha value is -3.63. The molecule has 2 aromatic carbocycles. The number of hydrogen-bond acceptors (Lipinski definition) is 7. The van der Waals surface area contributed by atoms with Crippen LogP contribution in [0.2, 0.25) is 0 Å². The summed E-state index contributed by atoms with van der Waals surface area (Å²) in [5.41, 5.74) is 5.73. The van der Waals surface area contributed by atoms with Crippen molar-refractivity contribution < 1.29 is 27.9 Å². The summed E-state index contributed by atoms with van der Waals surface area (Å²) in [6, 6.07) is 12.7. The fourth-order valence-electron chi connectivity index (χ4n) is 5.50. The zero-order valence-corrected chi connectivity index (χ0v) is 20.5. The number of Topliss-reactive ketones (excluding diaryl/α,β-unsaturated/α-hetero) is 1. The maximum Gasteiger partial charge on any atom is 0.271 e. The summed E-state index contributed by atoms with van der Waals surface area (Å²) in [6.45, 7) is 2.13. The number of ketones is 1. The molecule has 36 heavy (non-hydrogen) atoms.